The maximum atomic E-state index is 13.0. The Morgan fingerprint density at radius 2 is 1.05 bits per heavy atom. The van der Waals surface area contributed by atoms with Gasteiger partial charge in [0.15, 0.2) is 0 Å². The Labute approximate surface area is 436 Å². The van der Waals surface area contributed by atoms with Crippen molar-refractivity contribution in [3.63, 3.8) is 0 Å². The maximum absolute atomic E-state index is 13.0. The molecule has 0 radical (unpaired) electrons. The molecule has 0 fully saturated rings. The number of amides is 4. The molecule has 4 heterocycles. The molecule has 0 aliphatic rings. The number of hydrogen-bond donors (Lipinski definition) is 8. The molecule has 0 bridgehead atoms. The predicted octanol–water partition coefficient (Wildman–Crippen LogP) is 5.25. The number of nitrogens with one attached hydrogen (secondary N) is 6. The van der Waals surface area contributed by atoms with E-state index < -0.39 is 35.8 Å². The number of phenolic OH excluding ortho intramolecular Hbond substituents is 2. The lowest BCUT2D eigenvalue weighted by Gasteiger charge is -2.18. The fraction of sp³-hybridized carbons (Fsp3) is 0.308. The van der Waals surface area contributed by atoms with Gasteiger partial charge in [-0.2, -0.15) is 0 Å². The number of aromatic nitrogens is 4. The number of phenols is 2. The highest BCUT2D eigenvalue weighted by molar-refractivity contribution is 7.12. The molecule has 0 saturated carbocycles. The number of carbonyl (C=O) groups excluding carboxylic acids is 6. The molecule has 0 unspecified atom stereocenters. The maximum Gasteiger partial charge on any atom is 0.330 e. The molecule has 4 aromatic heterocycles. The van der Waals surface area contributed by atoms with E-state index in [1.54, 1.807) is 87.8 Å². The van der Waals surface area contributed by atoms with Gasteiger partial charge in [-0.1, -0.05) is 42.2 Å². The first kappa shape index (κ1) is 56.5. The van der Waals surface area contributed by atoms with Crippen molar-refractivity contribution in [2.75, 3.05) is 51.0 Å². The molecular weight excluding hydrogens is 989 g/mol. The molecule has 8 N–H and O–H groups in total. The summed E-state index contributed by atoms with van der Waals surface area (Å²) in [6, 6.07) is 15.3. The third-order valence-corrected chi connectivity index (χ3v) is 12.9. The summed E-state index contributed by atoms with van der Waals surface area (Å²) in [7, 11) is 2.41. The van der Waals surface area contributed by atoms with Gasteiger partial charge in [0, 0.05) is 30.8 Å². The van der Waals surface area contributed by atoms with Gasteiger partial charge in [0.25, 0.3) is 23.6 Å². The molecule has 74 heavy (non-hydrogen) atoms. The summed E-state index contributed by atoms with van der Waals surface area (Å²) in [6.45, 7) is 10.9. The molecule has 6 rings (SSSR count). The van der Waals surface area contributed by atoms with E-state index in [1.807, 2.05) is 25.1 Å². The summed E-state index contributed by atoms with van der Waals surface area (Å²) in [5.74, 6) is 3.91. The Morgan fingerprint density at radius 1 is 0.595 bits per heavy atom. The van der Waals surface area contributed by atoms with Crippen molar-refractivity contribution < 1.29 is 48.5 Å². The molecule has 0 aliphatic carbocycles. The average Bonchev–Trinajstić information content (AvgIpc) is 4.13. The Morgan fingerprint density at radius 3 is 1.51 bits per heavy atom. The minimum atomic E-state index is -1.10. The highest BCUT2D eigenvalue weighted by atomic mass is 32.1. The second-order valence-corrected chi connectivity index (χ2v) is 18.3. The SMILES string of the molecule is COC(=O)[C@H](CNC(=O)c1cccs1)NC(=O)c1c(C)nc(NCC#Cc2cccc(O)c2C)nc1C.COC(=O)[C@H](CNC(=O)c1cccs1)NC(=O)c1c(C)nc(NCCCc2cccc(O)c2C)nc1C. The van der Waals surface area contributed by atoms with Crippen LogP contribution in [-0.2, 0) is 25.5 Å². The van der Waals surface area contributed by atoms with Gasteiger partial charge in [-0.15, -0.1) is 22.7 Å². The van der Waals surface area contributed by atoms with Crippen LogP contribution < -0.4 is 31.9 Å². The van der Waals surface area contributed by atoms with Crippen molar-refractivity contribution in [2.45, 2.75) is 66.5 Å². The van der Waals surface area contributed by atoms with Crippen molar-refractivity contribution in [3.8, 4) is 23.3 Å². The summed E-state index contributed by atoms with van der Waals surface area (Å²) < 4.78 is 9.58. The summed E-state index contributed by atoms with van der Waals surface area (Å²) >= 11 is 2.53. The van der Waals surface area contributed by atoms with Gasteiger partial charge in [-0.05, 0) is 107 Å². The second kappa shape index (κ2) is 27.4. The third kappa shape index (κ3) is 15.8. The third-order valence-electron chi connectivity index (χ3n) is 11.2. The van der Waals surface area contributed by atoms with E-state index in [9.17, 15) is 39.0 Å². The number of thiophene rings is 2. The van der Waals surface area contributed by atoms with E-state index >= 15 is 0 Å². The number of aromatic hydroxyl groups is 2. The van der Waals surface area contributed by atoms with Gasteiger partial charge in [-0.3, -0.25) is 19.2 Å². The van der Waals surface area contributed by atoms with Crippen LogP contribution in [0.2, 0.25) is 0 Å². The van der Waals surface area contributed by atoms with Crippen molar-refractivity contribution in [1.82, 2.24) is 41.2 Å². The molecule has 388 valence electrons. The first-order valence-corrected chi connectivity index (χ1v) is 24.8. The molecule has 0 saturated heterocycles. The minimum Gasteiger partial charge on any atom is -0.508 e. The highest BCUT2D eigenvalue weighted by Gasteiger charge is 2.27. The first-order chi connectivity index (χ1) is 35.4. The zero-order valence-electron chi connectivity index (χ0n) is 42.1. The number of carbonyl (C=O) groups is 6. The largest absolute Gasteiger partial charge is 0.508 e. The quantitative estimate of drug-likeness (QED) is 0.0292. The molecule has 20 nitrogen and oxygen atoms in total. The van der Waals surface area contributed by atoms with Crippen molar-refractivity contribution in [1.29, 1.82) is 0 Å². The molecule has 6 aromatic rings. The molecule has 4 amide bonds. The summed E-state index contributed by atoms with van der Waals surface area (Å²) in [5, 5.41) is 39.8. The standard InChI is InChI=1S/C26H31N5O5S.C26H27N5O5S/c2*1-15-18(8-5-10-20(15)32)9-6-12-27-26-29-16(2)22(17(3)30-26)24(34)31-19(25(35)36-4)14-28-23(33)21-11-7-13-37-21/h5,7-8,10-11,13,19,32H,6,9,12,14H2,1-4H3,(H,28,33)(H,31,34)(H,27,29,30);5,7-8,10-11,13,19,32H,12,14H2,1-4H3,(H,28,33)(H,31,34)(H,27,29,30)/t2*19-/m00/s1. The molecule has 22 heteroatoms. The van der Waals surface area contributed by atoms with E-state index in [0.29, 0.717) is 62.1 Å². The van der Waals surface area contributed by atoms with Gasteiger partial charge < -0.3 is 51.6 Å². The van der Waals surface area contributed by atoms with Crippen LogP contribution in [0.3, 0.4) is 0 Å². The van der Waals surface area contributed by atoms with Crippen LogP contribution in [0.5, 0.6) is 11.5 Å². The monoisotopic (exact) mass is 1050 g/mol. The Balaban J connectivity index is 0.000000274. The lowest BCUT2D eigenvalue weighted by molar-refractivity contribution is -0.143. The van der Waals surface area contributed by atoms with Crippen molar-refractivity contribution in [3.05, 3.63) is 137 Å². The van der Waals surface area contributed by atoms with Gasteiger partial charge in [0.1, 0.15) is 23.6 Å². The van der Waals surface area contributed by atoms with Crippen LogP contribution in [0.1, 0.15) is 91.5 Å². The Kier molecular flexibility index (Phi) is 20.9. The van der Waals surface area contributed by atoms with Crippen LogP contribution in [-0.4, -0.2) is 118 Å². The minimum absolute atomic E-state index is 0.133. The number of nitrogens with zero attached hydrogens (tertiary/aromatic N) is 4. The lowest BCUT2D eigenvalue weighted by Crippen LogP contribution is -2.49. The normalized spacial score (nSPS) is 11.2. The van der Waals surface area contributed by atoms with Crippen LogP contribution >= 0.6 is 22.7 Å². The Bertz CT molecular complexity index is 2980. The average molecular weight is 1050 g/mol. The topological polar surface area (TPSA) is 285 Å². The van der Waals surface area contributed by atoms with E-state index in [2.05, 4.69) is 63.7 Å². The number of rotatable bonds is 19. The number of hydrogen-bond acceptors (Lipinski definition) is 18. The fourth-order valence-corrected chi connectivity index (χ4v) is 8.48. The second-order valence-electron chi connectivity index (χ2n) is 16.4. The molecule has 2 aromatic carbocycles. The summed E-state index contributed by atoms with van der Waals surface area (Å²) in [6.07, 6.45) is 1.58. The summed E-state index contributed by atoms with van der Waals surface area (Å²) in [4.78, 5) is 93.5. The summed E-state index contributed by atoms with van der Waals surface area (Å²) in [5.41, 5.74) is 5.52. The van der Waals surface area contributed by atoms with E-state index in [1.165, 1.54) is 36.9 Å². The number of anilines is 2. The zero-order chi connectivity index (χ0) is 53.9. The van der Waals surface area contributed by atoms with Crippen LogP contribution in [0.4, 0.5) is 11.9 Å². The van der Waals surface area contributed by atoms with Crippen LogP contribution in [0.15, 0.2) is 71.4 Å². The lowest BCUT2D eigenvalue weighted by atomic mass is 10.0. The van der Waals surface area contributed by atoms with Crippen LogP contribution in [0, 0.1) is 53.4 Å². The smallest absolute Gasteiger partial charge is 0.330 e. The number of ether oxygens (including phenoxy) is 2. The van der Waals surface area contributed by atoms with Gasteiger partial charge in [0.2, 0.25) is 11.9 Å². The molecule has 2 atom stereocenters. The molecular formula is C52H58N10O10S2. The van der Waals surface area contributed by atoms with E-state index in [4.69, 9.17) is 9.47 Å². The molecule has 0 aliphatic heterocycles. The van der Waals surface area contributed by atoms with Crippen molar-refractivity contribution in [2.24, 2.45) is 0 Å². The van der Waals surface area contributed by atoms with Gasteiger partial charge >= 0.3 is 11.9 Å². The Hall–Kier alpha value is -8.42. The van der Waals surface area contributed by atoms with Crippen LogP contribution in [0.25, 0.3) is 0 Å². The number of benzene rings is 2. The number of aryl methyl sites for hydroxylation is 5. The van der Waals surface area contributed by atoms with Gasteiger partial charge in [0.05, 0.1) is 64.4 Å². The zero-order valence-corrected chi connectivity index (χ0v) is 43.7. The number of esters is 2. The van der Waals surface area contributed by atoms with E-state index in [0.717, 1.165) is 24.0 Å². The first-order valence-electron chi connectivity index (χ1n) is 23.1. The number of methoxy groups -OCH3 is 2. The highest BCUT2D eigenvalue weighted by Crippen LogP contribution is 2.22. The molecule has 0 spiro atoms. The predicted molar refractivity (Wildman–Crippen MR) is 281 cm³/mol. The van der Waals surface area contributed by atoms with Gasteiger partial charge in [-0.25, -0.2) is 29.5 Å². The fourth-order valence-electron chi connectivity index (χ4n) is 7.20. The van der Waals surface area contributed by atoms with Crippen molar-refractivity contribution >= 4 is 70.1 Å². The van der Waals surface area contributed by atoms with E-state index in [-0.39, 0.29) is 54.1 Å².